The van der Waals surface area contributed by atoms with Crippen molar-refractivity contribution in [3.05, 3.63) is 30.3 Å². The van der Waals surface area contributed by atoms with Gasteiger partial charge in [-0.3, -0.25) is 0 Å². The van der Waals surface area contributed by atoms with Crippen molar-refractivity contribution in [3.8, 4) is 0 Å². The van der Waals surface area contributed by atoms with Gasteiger partial charge in [0.1, 0.15) is 0 Å². The van der Waals surface area contributed by atoms with Gasteiger partial charge in [0.2, 0.25) is 0 Å². The molecule has 4 heteroatoms. The molecule has 0 atom stereocenters. The zero-order valence-electron chi connectivity index (χ0n) is 9.15. The Morgan fingerprint density at radius 2 is 1.64 bits per heavy atom. The van der Waals surface area contributed by atoms with Gasteiger partial charge in [0.05, 0.1) is 0 Å². The summed E-state index contributed by atoms with van der Waals surface area (Å²) in [5, 5.41) is 1.26. The zero-order valence-corrected chi connectivity index (χ0v) is 11.0. The Balaban J connectivity index is 2.66. The quantitative estimate of drug-likeness (QED) is 0.451. The topological polar surface area (TPSA) is 18.5 Å². The van der Waals surface area contributed by atoms with Crippen LogP contribution in [-0.4, -0.2) is 26.7 Å². The molecule has 0 saturated heterocycles. The Labute approximate surface area is 87.8 Å². The maximum absolute atomic E-state index is 5.54. The Morgan fingerprint density at radius 1 is 1.07 bits per heavy atom. The fraction of sp³-hybridized carbons (Fsp3) is 0.400. The van der Waals surface area contributed by atoms with Crippen molar-refractivity contribution in [2.45, 2.75) is 0 Å². The van der Waals surface area contributed by atoms with E-state index in [1.54, 1.807) is 0 Å². The van der Waals surface area contributed by atoms with Gasteiger partial charge >= 0.3 is 87.3 Å². The molecule has 0 aromatic heterocycles. The van der Waals surface area contributed by atoms with Crippen LogP contribution in [0.2, 0.25) is 0 Å². The van der Waals surface area contributed by atoms with E-state index in [-0.39, 0.29) is 0 Å². The van der Waals surface area contributed by atoms with E-state index in [1.807, 2.05) is 31.5 Å². The zero-order chi connectivity index (χ0) is 10.6. The van der Waals surface area contributed by atoms with E-state index >= 15 is 0 Å². The van der Waals surface area contributed by atoms with Crippen molar-refractivity contribution in [1.82, 2.24) is 0 Å². The van der Waals surface area contributed by atoms with Gasteiger partial charge in [-0.2, -0.15) is 0 Å². The molecule has 0 bridgehead atoms. The molecule has 0 heterocycles. The first-order chi connectivity index (χ1) is 6.52. The molecule has 0 amide bonds. The minimum absolute atomic E-state index is 0.443. The van der Waals surface area contributed by atoms with E-state index in [2.05, 4.69) is 25.5 Å². The van der Waals surface area contributed by atoms with E-state index in [1.165, 1.54) is 5.30 Å². The maximum atomic E-state index is 5.54. The van der Waals surface area contributed by atoms with Crippen molar-refractivity contribution < 1.29 is 9.35 Å². The van der Waals surface area contributed by atoms with Crippen molar-refractivity contribution in [3.63, 3.8) is 0 Å². The fourth-order valence-corrected chi connectivity index (χ4v) is 3.49. The summed E-state index contributed by atoms with van der Waals surface area (Å²) >= 11 is 0. The molecular formula is C10H18O2P2. The van der Waals surface area contributed by atoms with Gasteiger partial charge in [0.15, 0.2) is 0 Å². The molecule has 0 aliphatic carbocycles. The molecule has 0 unspecified atom stereocenters. The molecule has 0 aliphatic heterocycles. The van der Waals surface area contributed by atoms with Crippen molar-refractivity contribution >= 4 is 20.9 Å². The summed E-state index contributed by atoms with van der Waals surface area (Å²) < 4.78 is 10.8. The standard InChI is InChI=1S/C10H18O2P2/c1-13(2)11-12-14(3,4)10-8-6-5-7-9-10/h5-9,14H,1-4H3. The SMILES string of the molecule is CP(C)OO[PH](C)(C)c1ccccc1. The Morgan fingerprint density at radius 3 is 2.14 bits per heavy atom. The first-order valence-corrected chi connectivity index (χ1v) is 9.67. The van der Waals surface area contributed by atoms with Crippen molar-refractivity contribution in [2.24, 2.45) is 0 Å². The predicted molar refractivity (Wildman–Crippen MR) is 67.2 cm³/mol. The molecule has 80 valence electrons. The number of hydrogen-bond acceptors (Lipinski definition) is 2. The summed E-state index contributed by atoms with van der Waals surface area (Å²) in [4.78, 5) is 0. The molecule has 1 aromatic carbocycles. The van der Waals surface area contributed by atoms with Crippen LogP contribution in [0.3, 0.4) is 0 Å². The van der Waals surface area contributed by atoms with Gasteiger partial charge < -0.3 is 0 Å². The molecule has 2 nitrogen and oxygen atoms in total. The third-order valence-corrected chi connectivity index (χ3v) is 4.60. The summed E-state index contributed by atoms with van der Waals surface area (Å²) in [6, 6.07) is 10.3. The monoisotopic (exact) mass is 232 g/mol. The molecule has 0 radical (unpaired) electrons. The summed E-state index contributed by atoms with van der Waals surface area (Å²) in [7, 11) is -2.29. The second-order valence-electron chi connectivity index (χ2n) is 3.85. The summed E-state index contributed by atoms with van der Waals surface area (Å²) in [5.74, 6) is 0. The first-order valence-electron chi connectivity index (χ1n) is 4.61. The molecule has 0 saturated carbocycles. The van der Waals surface area contributed by atoms with Crippen LogP contribution in [0.15, 0.2) is 30.3 Å². The molecule has 1 aromatic rings. The van der Waals surface area contributed by atoms with E-state index in [0.29, 0.717) is 0 Å². The van der Waals surface area contributed by atoms with Gasteiger partial charge in [-0.15, -0.1) is 0 Å². The third kappa shape index (κ3) is 3.63. The van der Waals surface area contributed by atoms with Crippen LogP contribution in [0.5, 0.6) is 0 Å². The van der Waals surface area contributed by atoms with Crippen LogP contribution in [0.4, 0.5) is 0 Å². The number of benzene rings is 1. The van der Waals surface area contributed by atoms with Crippen LogP contribution >= 0.6 is 15.6 Å². The summed E-state index contributed by atoms with van der Waals surface area (Å²) in [6.45, 7) is 8.35. The second-order valence-corrected chi connectivity index (χ2v) is 9.38. The van der Waals surface area contributed by atoms with Gasteiger partial charge in [0, 0.05) is 0 Å². The van der Waals surface area contributed by atoms with Gasteiger partial charge in [-0.1, -0.05) is 0 Å². The Kier molecular flexibility index (Phi) is 4.47. The molecule has 0 N–H and O–H groups in total. The average Bonchev–Trinajstić information content (AvgIpc) is 2.16. The van der Waals surface area contributed by atoms with Gasteiger partial charge in [0.25, 0.3) is 0 Å². The van der Waals surface area contributed by atoms with Gasteiger partial charge in [-0.25, -0.2) is 0 Å². The van der Waals surface area contributed by atoms with Crippen LogP contribution in [0.1, 0.15) is 0 Å². The van der Waals surface area contributed by atoms with E-state index in [4.69, 9.17) is 9.35 Å². The fourth-order valence-electron chi connectivity index (χ4n) is 1.06. The van der Waals surface area contributed by atoms with E-state index in [0.717, 1.165) is 0 Å². The second kappa shape index (κ2) is 5.19. The molecule has 14 heavy (non-hydrogen) atoms. The first kappa shape index (κ1) is 12.1. The molecule has 0 spiro atoms. The molecular weight excluding hydrogens is 214 g/mol. The van der Waals surface area contributed by atoms with Crippen LogP contribution in [-0.2, 0) is 9.35 Å². The molecule has 1 rings (SSSR count). The normalized spacial score (nSPS) is 13.2. The summed E-state index contributed by atoms with van der Waals surface area (Å²) in [6.07, 6.45) is 0. The molecule has 0 fully saturated rings. The minimum atomic E-state index is -1.85. The van der Waals surface area contributed by atoms with Gasteiger partial charge in [-0.05, 0) is 0 Å². The van der Waals surface area contributed by atoms with Crippen molar-refractivity contribution in [1.29, 1.82) is 0 Å². The predicted octanol–water partition coefficient (Wildman–Crippen LogP) is 2.84. The van der Waals surface area contributed by atoms with Crippen LogP contribution in [0.25, 0.3) is 0 Å². The van der Waals surface area contributed by atoms with Crippen molar-refractivity contribution in [2.75, 3.05) is 26.7 Å². The van der Waals surface area contributed by atoms with Crippen LogP contribution < -0.4 is 5.30 Å². The van der Waals surface area contributed by atoms with E-state index in [9.17, 15) is 0 Å². The Bertz CT molecular complexity index is 273. The van der Waals surface area contributed by atoms with Crippen LogP contribution in [0, 0.1) is 0 Å². The average molecular weight is 232 g/mol. The molecule has 0 aliphatic rings. The Hall–Kier alpha value is 0. The number of hydrogen-bond donors (Lipinski definition) is 0. The number of rotatable bonds is 4. The third-order valence-electron chi connectivity index (χ3n) is 1.86. The van der Waals surface area contributed by atoms with E-state index < -0.39 is 15.6 Å². The summed E-state index contributed by atoms with van der Waals surface area (Å²) in [5.41, 5.74) is 0.